The first-order valence-corrected chi connectivity index (χ1v) is 10.4. The lowest BCUT2D eigenvalue weighted by molar-refractivity contribution is -0.136. The SMILES string of the molecule is CC(NC(=O)/C=C/c1ccccc1)C(=O)N1CCN(C/C=C/c2ccccc2)CC1. The molecule has 2 aromatic carbocycles. The summed E-state index contributed by atoms with van der Waals surface area (Å²) in [7, 11) is 0. The number of nitrogens with one attached hydrogen (secondary N) is 1. The Labute approximate surface area is 178 Å². The molecular formula is C25H29N3O2. The molecule has 1 atom stereocenters. The summed E-state index contributed by atoms with van der Waals surface area (Å²) in [6.45, 7) is 5.63. The number of carbonyl (C=O) groups is 2. The van der Waals surface area contributed by atoms with Crippen LogP contribution in [0.4, 0.5) is 0 Å². The largest absolute Gasteiger partial charge is 0.341 e. The summed E-state index contributed by atoms with van der Waals surface area (Å²) >= 11 is 0. The van der Waals surface area contributed by atoms with Crippen LogP contribution in [0.3, 0.4) is 0 Å². The Balaban J connectivity index is 1.40. The first-order chi connectivity index (χ1) is 14.6. The maximum absolute atomic E-state index is 12.7. The highest BCUT2D eigenvalue weighted by atomic mass is 16.2. The zero-order valence-electron chi connectivity index (χ0n) is 17.4. The molecule has 5 heteroatoms. The molecule has 1 unspecified atom stereocenters. The number of carbonyl (C=O) groups excluding carboxylic acids is 2. The highest BCUT2D eigenvalue weighted by Gasteiger charge is 2.25. The number of nitrogens with zero attached hydrogens (tertiary/aromatic N) is 2. The number of hydrogen-bond acceptors (Lipinski definition) is 3. The maximum atomic E-state index is 12.7. The molecule has 2 aromatic rings. The van der Waals surface area contributed by atoms with E-state index in [1.165, 1.54) is 11.6 Å². The van der Waals surface area contributed by atoms with Crippen molar-refractivity contribution in [1.82, 2.24) is 15.1 Å². The number of rotatable bonds is 7. The molecule has 1 fully saturated rings. The van der Waals surface area contributed by atoms with Crippen molar-refractivity contribution in [1.29, 1.82) is 0 Å². The Morgan fingerprint density at radius 1 is 0.900 bits per heavy atom. The van der Waals surface area contributed by atoms with Crippen LogP contribution in [0.15, 0.2) is 72.8 Å². The van der Waals surface area contributed by atoms with E-state index in [4.69, 9.17) is 0 Å². The fourth-order valence-electron chi connectivity index (χ4n) is 3.39. The van der Waals surface area contributed by atoms with Crippen LogP contribution in [0.2, 0.25) is 0 Å². The minimum Gasteiger partial charge on any atom is -0.341 e. The van der Waals surface area contributed by atoms with Gasteiger partial charge in [-0.15, -0.1) is 0 Å². The molecule has 30 heavy (non-hydrogen) atoms. The highest BCUT2D eigenvalue weighted by Crippen LogP contribution is 2.06. The van der Waals surface area contributed by atoms with Crippen molar-refractivity contribution in [2.24, 2.45) is 0 Å². The minimum absolute atomic E-state index is 0.0315. The van der Waals surface area contributed by atoms with Gasteiger partial charge in [-0.25, -0.2) is 0 Å². The quantitative estimate of drug-likeness (QED) is 0.723. The van der Waals surface area contributed by atoms with E-state index in [0.29, 0.717) is 13.1 Å². The Kier molecular flexibility index (Phi) is 7.98. The van der Waals surface area contributed by atoms with Crippen molar-refractivity contribution in [2.75, 3.05) is 32.7 Å². The summed E-state index contributed by atoms with van der Waals surface area (Å²) in [5.74, 6) is -0.291. The van der Waals surface area contributed by atoms with E-state index in [-0.39, 0.29) is 11.8 Å². The van der Waals surface area contributed by atoms with E-state index in [2.05, 4.69) is 34.5 Å². The first kappa shape index (κ1) is 21.5. The second kappa shape index (κ2) is 11.1. The summed E-state index contributed by atoms with van der Waals surface area (Å²) in [4.78, 5) is 28.9. The Hall–Kier alpha value is -3.18. The molecule has 3 rings (SSSR count). The molecule has 156 valence electrons. The smallest absolute Gasteiger partial charge is 0.244 e. The predicted molar refractivity (Wildman–Crippen MR) is 122 cm³/mol. The van der Waals surface area contributed by atoms with Crippen molar-refractivity contribution in [3.63, 3.8) is 0 Å². The standard InChI is InChI=1S/C25H29N3O2/c1-21(26-24(29)15-14-23-11-6-3-7-12-23)25(30)28-19-17-27(18-20-28)16-8-13-22-9-4-2-5-10-22/h2-15,21H,16-20H2,1H3,(H,26,29)/b13-8+,15-14+. The molecule has 0 bridgehead atoms. The molecule has 0 aliphatic carbocycles. The van der Waals surface area contributed by atoms with Gasteiger partial charge in [0.25, 0.3) is 0 Å². The van der Waals surface area contributed by atoms with Gasteiger partial charge in [-0.2, -0.15) is 0 Å². The van der Waals surface area contributed by atoms with Crippen LogP contribution in [0, 0.1) is 0 Å². The lowest BCUT2D eigenvalue weighted by atomic mass is 10.2. The molecule has 1 aliphatic heterocycles. The number of benzene rings is 2. The third-order valence-electron chi connectivity index (χ3n) is 5.11. The first-order valence-electron chi connectivity index (χ1n) is 10.4. The van der Waals surface area contributed by atoms with Gasteiger partial charge in [-0.1, -0.05) is 72.8 Å². The van der Waals surface area contributed by atoms with Crippen molar-refractivity contribution < 1.29 is 9.59 Å². The van der Waals surface area contributed by atoms with Gasteiger partial charge in [0.15, 0.2) is 0 Å². The normalized spacial score (nSPS) is 16.1. The van der Waals surface area contributed by atoms with E-state index in [1.807, 2.05) is 53.4 Å². The Bertz CT molecular complexity index is 870. The van der Waals surface area contributed by atoms with Gasteiger partial charge in [0, 0.05) is 38.8 Å². The van der Waals surface area contributed by atoms with Crippen LogP contribution in [-0.2, 0) is 9.59 Å². The molecule has 0 aromatic heterocycles. The zero-order chi connectivity index (χ0) is 21.2. The number of piperazine rings is 1. The summed E-state index contributed by atoms with van der Waals surface area (Å²) in [5.41, 5.74) is 2.14. The van der Waals surface area contributed by atoms with Crippen LogP contribution >= 0.6 is 0 Å². The predicted octanol–water partition coefficient (Wildman–Crippen LogP) is 3.06. The summed E-state index contributed by atoms with van der Waals surface area (Å²) in [6, 6.07) is 19.3. The van der Waals surface area contributed by atoms with Gasteiger partial charge < -0.3 is 10.2 Å². The average Bonchev–Trinajstić information content (AvgIpc) is 2.79. The van der Waals surface area contributed by atoms with Crippen LogP contribution in [0.1, 0.15) is 18.1 Å². The van der Waals surface area contributed by atoms with E-state index in [0.717, 1.165) is 25.2 Å². The van der Waals surface area contributed by atoms with Gasteiger partial charge in [0.05, 0.1) is 0 Å². The molecule has 1 aliphatic rings. The molecule has 0 radical (unpaired) electrons. The van der Waals surface area contributed by atoms with Crippen molar-refractivity contribution in [2.45, 2.75) is 13.0 Å². The molecule has 5 nitrogen and oxygen atoms in total. The molecule has 2 amide bonds. The second-order valence-electron chi connectivity index (χ2n) is 7.41. The van der Waals surface area contributed by atoms with Gasteiger partial charge in [0.2, 0.25) is 11.8 Å². The molecule has 0 saturated carbocycles. The third kappa shape index (κ3) is 6.71. The third-order valence-corrected chi connectivity index (χ3v) is 5.11. The van der Waals surface area contributed by atoms with E-state index >= 15 is 0 Å². The van der Waals surface area contributed by atoms with Gasteiger partial charge in [0.1, 0.15) is 6.04 Å². The lowest BCUT2D eigenvalue weighted by Crippen LogP contribution is -2.54. The summed E-state index contributed by atoms with van der Waals surface area (Å²) < 4.78 is 0. The lowest BCUT2D eigenvalue weighted by Gasteiger charge is -2.35. The Morgan fingerprint density at radius 2 is 1.47 bits per heavy atom. The Morgan fingerprint density at radius 3 is 2.07 bits per heavy atom. The van der Waals surface area contributed by atoms with Gasteiger partial charge >= 0.3 is 0 Å². The fraction of sp³-hybridized carbons (Fsp3) is 0.280. The van der Waals surface area contributed by atoms with Crippen LogP contribution in [-0.4, -0.2) is 60.4 Å². The number of amides is 2. The monoisotopic (exact) mass is 403 g/mol. The van der Waals surface area contributed by atoms with Gasteiger partial charge in [-0.3, -0.25) is 14.5 Å². The average molecular weight is 404 g/mol. The zero-order valence-corrected chi connectivity index (χ0v) is 17.4. The topological polar surface area (TPSA) is 52.7 Å². The van der Waals surface area contributed by atoms with Crippen LogP contribution in [0.5, 0.6) is 0 Å². The van der Waals surface area contributed by atoms with Crippen molar-refractivity contribution >= 4 is 24.0 Å². The van der Waals surface area contributed by atoms with Crippen LogP contribution in [0.25, 0.3) is 12.2 Å². The molecule has 0 spiro atoms. The highest BCUT2D eigenvalue weighted by molar-refractivity contribution is 5.95. The molecule has 1 saturated heterocycles. The van der Waals surface area contributed by atoms with E-state index in [9.17, 15) is 9.59 Å². The minimum atomic E-state index is -0.539. The van der Waals surface area contributed by atoms with Crippen molar-refractivity contribution in [3.05, 3.63) is 83.9 Å². The molecular weight excluding hydrogens is 374 g/mol. The second-order valence-corrected chi connectivity index (χ2v) is 7.41. The number of hydrogen-bond donors (Lipinski definition) is 1. The maximum Gasteiger partial charge on any atom is 0.244 e. The summed E-state index contributed by atoms with van der Waals surface area (Å²) in [5, 5.41) is 2.77. The van der Waals surface area contributed by atoms with Crippen LogP contribution < -0.4 is 5.32 Å². The van der Waals surface area contributed by atoms with E-state index < -0.39 is 6.04 Å². The summed E-state index contributed by atoms with van der Waals surface area (Å²) in [6.07, 6.45) is 7.50. The van der Waals surface area contributed by atoms with E-state index in [1.54, 1.807) is 13.0 Å². The van der Waals surface area contributed by atoms with Crippen molar-refractivity contribution in [3.8, 4) is 0 Å². The molecule has 1 N–H and O–H groups in total. The fourth-order valence-corrected chi connectivity index (χ4v) is 3.39. The van der Waals surface area contributed by atoms with Gasteiger partial charge in [-0.05, 0) is 24.1 Å². The molecule has 1 heterocycles.